The zero-order valence-electron chi connectivity index (χ0n) is 18.7. The van der Waals surface area contributed by atoms with E-state index in [1.165, 1.54) is 18.4 Å². The highest BCUT2D eigenvalue weighted by atomic mass is 35.5. The zero-order chi connectivity index (χ0) is 22.2. The van der Waals surface area contributed by atoms with Crippen LogP contribution >= 0.6 is 11.6 Å². The van der Waals surface area contributed by atoms with Crippen LogP contribution in [-0.2, 0) is 0 Å². The van der Waals surface area contributed by atoms with Gasteiger partial charge in [0, 0.05) is 39.3 Å². The van der Waals surface area contributed by atoms with Crippen LogP contribution < -0.4 is 20.4 Å². The second kappa shape index (κ2) is 8.91. The molecule has 1 atom stereocenters. The number of hydrogen-bond donors (Lipinski definition) is 2. The number of nitrogens with zero attached hydrogens (tertiary/aromatic N) is 6. The maximum Gasteiger partial charge on any atom is 0.229 e. The number of halogens is 1. The molecule has 6 rings (SSSR count). The maximum absolute atomic E-state index is 6.70. The molecule has 0 spiro atoms. The van der Waals surface area contributed by atoms with E-state index in [1.54, 1.807) is 0 Å². The second-order valence-corrected chi connectivity index (χ2v) is 9.54. The van der Waals surface area contributed by atoms with Crippen molar-refractivity contribution < 1.29 is 0 Å². The molecule has 9 heteroatoms. The minimum absolute atomic E-state index is 0.169. The molecule has 2 saturated heterocycles. The molecule has 8 nitrogen and oxygen atoms in total. The fraction of sp³-hybridized carbons (Fsp3) is 0.500. The highest BCUT2D eigenvalue weighted by Gasteiger charge is 2.33. The zero-order valence-corrected chi connectivity index (χ0v) is 19.4. The number of aromatic nitrogens is 4. The van der Waals surface area contributed by atoms with E-state index in [2.05, 4.69) is 44.7 Å². The summed E-state index contributed by atoms with van der Waals surface area (Å²) in [6.07, 6.45) is 4.74. The minimum Gasteiger partial charge on any atom is -0.360 e. The molecule has 3 aliphatic rings. The third kappa shape index (κ3) is 4.29. The van der Waals surface area contributed by atoms with Crippen molar-refractivity contribution in [1.29, 1.82) is 0 Å². The van der Waals surface area contributed by atoms with Gasteiger partial charge in [-0.25, -0.2) is 9.97 Å². The lowest BCUT2D eigenvalue weighted by atomic mass is 10.0. The average molecular weight is 465 g/mol. The first-order valence-corrected chi connectivity index (χ1v) is 12.4. The Kier molecular flexibility index (Phi) is 5.63. The maximum atomic E-state index is 6.70. The molecular formula is C24H29ClN8. The van der Waals surface area contributed by atoms with Crippen LogP contribution in [0.25, 0.3) is 11.2 Å². The molecule has 1 unspecified atom stereocenters. The third-order valence-corrected chi connectivity index (χ3v) is 7.07. The quantitative estimate of drug-likeness (QED) is 0.572. The van der Waals surface area contributed by atoms with Crippen molar-refractivity contribution in [3.63, 3.8) is 0 Å². The normalized spacial score (nSPS) is 19.8. The van der Waals surface area contributed by atoms with Gasteiger partial charge in [-0.2, -0.15) is 9.97 Å². The first-order chi connectivity index (χ1) is 16.3. The van der Waals surface area contributed by atoms with Crippen LogP contribution in [-0.4, -0.2) is 59.2 Å². The van der Waals surface area contributed by atoms with Crippen LogP contribution in [0.4, 0.5) is 17.6 Å². The molecule has 0 amide bonds. The fourth-order valence-corrected chi connectivity index (χ4v) is 5.04. The van der Waals surface area contributed by atoms with Gasteiger partial charge < -0.3 is 20.4 Å². The van der Waals surface area contributed by atoms with Crippen LogP contribution in [0.1, 0.15) is 37.3 Å². The standard InChI is InChI=1S/C24H29ClN8/c25-20-22(28-18(17-8-9-17)16-6-2-1-3-7-16)29-21-19(27-20)23(32-12-4-5-13-32)31-24(30-21)33-14-10-26-11-15-33/h1-3,6-7,17-18,26H,4-5,8-15H2,(H,28,29,30,31). The lowest BCUT2D eigenvalue weighted by Gasteiger charge is -2.28. The molecule has 3 fully saturated rings. The van der Waals surface area contributed by atoms with Crippen molar-refractivity contribution in [2.75, 3.05) is 54.4 Å². The van der Waals surface area contributed by atoms with Crippen molar-refractivity contribution in [2.24, 2.45) is 5.92 Å². The van der Waals surface area contributed by atoms with Gasteiger partial charge in [0.1, 0.15) is 0 Å². The Morgan fingerprint density at radius 2 is 1.67 bits per heavy atom. The van der Waals surface area contributed by atoms with Gasteiger partial charge in [0.05, 0.1) is 6.04 Å². The predicted octanol–water partition coefficient (Wildman–Crippen LogP) is 3.65. The predicted molar refractivity (Wildman–Crippen MR) is 132 cm³/mol. The van der Waals surface area contributed by atoms with Crippen LogP contribution in [0.3, 0.4) is 0 Å². The van der Waals surface area contributed by atoms with Crippen molar-refractivity contribution in [1.82, 2.24) is 25.3 Å². The highest BCUT2D eigenvalue weighted by molar-refractivity contribution is 6.32. The van der Waals surface area contributed by atoms with E-state index in [0.717, 1.165) is 63.9 Å². The second-order valence-electron chi connectivity index (χ2n) is 9.18. The Morgan fingerprint density at radius 3 is 2.39 bits per heavy atom. The molecule has 172 valence electrons. The molecule has 0 bridgehead atoms. The van der Waals surface area contributed by atoms with Crippen LogP contribution in [0.5, 0.6) is 0 Å². The van der Waals surface area contributed by atoms with E-state index in [9.17, 15) is 0 Å². The summed E-state index contributed by atoms with van der Waals surface area (Å²) in [5.41, 5.74) is 2.55. The molecule has 1 aliphatic carbocycles. The van der Waals surface area contributed by atoms with E-state index in [0.29, 0.717) is 28.1 Å². The van der Waals surface area contributed by atoms with Gasteiger partial charge >= 0.3 is 0 Å². The fourth-order valence-electron chi connectivity index (χ4n) is 4.86. The molecule has 2 aromatic heterocycles. The number of benzene rings is 1. The Bertz CT molecular complexity index is 1120. The van der Waals surface area contributed by atoms with Crippen molar-refractivity contribution in [2.45, 2.75) is 31.7 Å². The summed E-state index contributed by atoms with van der Waals surface area (Å²) in [6, 6.07) is 10.7. The number of piperazine rings is 1. The van der Waals surface area contributed by atoms with E-state index in [-0.39, 0.29) is 6.04 Å². The molecular weight excluding hydrogens is 436 g/mol. The largest absolute Gasteiger partial charge is 0.360 e. The van der Waals surface area contributed by atoms with E-state index < -0.39 is 0 Å². The summed E-state index contributed by atoms with van der Waals surface area (Å²) in [5.74, 6) is 2.77. The summed E-state index contributed by atoms with van der Waals surface area (Å²) in [4.78, 5) is 24.0. The highest BCUT2D eigenvalue weighted by Crippen LogP contribution is 2.43. The summed E-state index contributed by atoms with van der Waals surface area (Å²) in [5, 5.41) is 7.38. The van der Waals surface area contributed by atoms with Crippen molar-refractivity contribution in [3.05, 3.63) is 41.0 Å². The summed E-state index contributed by atoms with van der Waals surface area (Å²) in [6.45, 7) is 5.58. The van der Waals surface area contributed by atoms with E-state index in [4.69, 9.17) is 31.5 Å². The Hall–Kier alpha value is -2.71. The van der Waals surface area contributed by atoms with E-state index >= 15 is 0 Å². The number of nitrogens with one attached hydrogen (secondary N) is 2. The molecule has 33 heavy (non-hydrogen) atoms. The van der Waals surface area contributed by atoms with Gasteiger partial charge in [-0.05, 0) is 37.2 Å². The lowest BCUT2D eigenvalue weighted by Crippen LogP contribution is -2.44. The monoisotopic (exact) mass is 464 g/mol. The smallest absolute Gasteiger partial charge is 0.229 e. The SMILES string of the molecule is Clc1nc2c(N3CCCC3)nc(N3CCNCC3)nc2nc1NC(c1ccccc1)C1CC1. The van der Waals surface area contributed by atoms with Gasteiger partial charge in [0.25, 0.3) is 0 Å². The molecule has 3 aromatic rings. The summed E-state index contributed by atoms with van der Waals surface area (Å²) in [7, 11) is 0. The van der Waals surface area contributed by atoms with Crippen molar-refractivity contribution in [3.8, 4) is 0 Å². The van der Waals surface area contributed by atoms with Crippen molar-refractivity contribution >= 4 is 40.3 Å². The Labute approximate surface area is 198 Å². The van der Waals surface area contributed by atoms with Crippen LogP contribution in [0, 0.1) is 5.92 Å². The van der Waals surface area contributed by atoms with Crippen LogP contribution in [0.2, 0.25) is 5.15 Å². The molecule has 2 aliphatic heterocycles. The molecule has 0 radical (unpaired) electrons. The number of fused-ring (bicyclic) bond motifs is 1. The molecule has 2 N–H and O–H groups in total. The average Bonchev–Trinajstić information content (AvgIpc) is 3.56. The van der Waals surface area contributed by atoms with Gasteiger partial charge in [0.15, 0.2) is 28.0 Å². The Balaban J connectivity index is 1.41. The molecule has 4 heterocycles. The number of rotatable bonds is 6. The summed E-state index contributed by atoms with van der Waals surface area (Å²) < 4.78 is 0. The Morgan fingerprint density at radius 1 is 0.909 bits per heavy atom. The van der Waals surface area contributed by atoms with Crippen LogP contribution in [0.15, 0.2) is 30.3 Å². The molecule has 1 saturated carbocycles. The lowest BCUT2D eigenvalue weighted by molar-refractivity contribution is 0.580. The number of hydrogen-bond acceptors (Lipinski definition) is 8. The first kappa shape index (κ1) is 20.9. The summed E-state index contributed by atoms with van der Waals surface area (Å²) >= 11 is 6.70. The van der Waals surface area contributed by atoms with Gasteiger partial charge in [-0.15, -0.1) is 0 Å². The van der Waals surface area contributed by atoms with Gasteiger partial charge in [0.2, 0.25) is 5.95 Å². The topological polar surface area (TPSA) is 82.1 Å². The number of anilines is 3. The van der Waals surface area contributed by atoms with E-state index in [1.807, 2.05) is 6.07 Å². The minimum atomic E-state index is 0.169. The third-order valence-electron chi connectivity index (χ3n) is 6.81. The molecule has 1 aromatic carbocycles. The first-order valence-electron chi connectivity index (χ1n) is 12.0. The van der Waals surface area contributed by atoms with Gasteiger partial charge in [-0.1, -0.05) is 41.9 Å². The van der Waals surface area contributed by atoms with Gasteiger partial charge in [-0.3, -0.25) is 0 Å².